The quantitative estimate of drug-likeness (QED) is 0.407. The molecule has 9 heteroatoms. The third kappa shape index (κ3) is 6.21. The van der Waals surface area contributed by atoms with Crippen LogP contribution in [0.25, 0.3) is 11.0 Å². The molecule has 0 spiro atoms. The van der Waals surface area contributed by atoms with Crippen LogP contribution in [-0.4, -0.2) is 52.8 Å². The zero-order valence-electron chi connectivity index (χ0n) is 20.5. The maximum Gasteiger partial charge on any atom is 0.302 e. The number of nitrogens with one attached hydrogen (secondary N) is 1. The predicted molar refractivity (Wildman–Crippen MR) is 132 cm³/mol. The van der Waals surface area contributed by atoms with Crippen LogP contribution in [0.1, 0.15) is 57.6 Å². The van der Waals surface area contributed by atoms with Crippen LogP contribution in [0.2, 0.25) is 0 Å². The molecule has 8 nitrogen and oxygen atoms in total. The van der Waals surface area contributed by atoms with Gasteiger partial charge < -0.3 is 9.72 Å². The molecule has 0 amide bonds. The summed E-state index contributed by atoms with van der Waals surface area (Å²) in [5.74, 6) is 0.660. The lowest BCUT2D eigenvalue weighted by atomic mass is 10.0. The lowest BCUT2D eigenvalue weighted by molar-refractivity contribution is -0.142. The Morgan fingerprint density at radius 3 is 2.50 bits per heavy atom. The Bertz CT molecular complexity index is 1220. The molecule has 3 aromatic rings. The van der Waals surface area contributed by atoms with Crippen molar-refractivity contribution in [2.24, 2.45) is 5.92 Å². The van der Waals surface area contributed by atoms with E-state index >= 15 is 0 Å². The smallest absolute Gasteiger partial charge is 0.302 e. The van der Waals surface area contributed by atoms with Crippen LogP contribution in [0.15, 0.2) is 41.4 Å². The van der Waals surface area contributed by atoms with Gasteiger partial charge in [0.05, 0.1) is 22.1 Å². The van der Waals surface area contributed by atoms with Crippen LogP contribution in [0, 0.1) is 12.8 Å². The highest BCUT2D eigenvalue weighted by Crippen LogP contribution is 2.24. The van der Waals surface area contributed by atoms with Crippen LogP contribution in [-0.2, 0) is 26.0 Å². The van der Waals surface area contributed by atoms with Gasteiger partial charge in [-0.3, -0.25) is 9.78 Å². The lowest BCUT2D eigenvalue weighted by Crippen LogP contribution is -2.44. The van der Waals surface area contributed by atoms with E-state index in [0.717, 1.165) is 28.1 Å². The number of carbonyl (C=O) groups is 1. The van der Waals surface area contributed by atoms with E-state index in [1.807, 2.05) is 45.9 Å². The number of H-pyrrole nitrogens is 1. The van der Waals surface area contributed by atoms with Crippen LogP contribution in [0.3, 0.4) is 0 Å². The fourth-order valence-electron chi connectivity index (χ4n) is 4.10. The summed E-state index contributed by atoms with van der Waals surface area (Å²) in [6, 6.07) is 8.39. The van der Waals surface area contributed by atoms with Gasteiger partial charge >= 0.3 is 5.97 Å². The van der Waals surface area contributed by atoms with Gasteiger partial charge in [0.2, 0.25) is 10.0 Å². The average Bonchev–Trinajstić information content (AvgIpc) is 3.16. The molecular formula is C25H34N4O4S. The molecule has 34 heavy (non-hydrogen) atoms. The molecule has 0 saturated heterocycles. The van der Waals surface area contributed by atoms with Crippen molar-refractivity contribution in [2.75, 3.05) is 13.2 Å². The first kappa shape index (κ1) is 25.8. The average molecular weight is 487 g/mol. The molecule has 0 fully saturated rings. The minimum Gasteiger partial charge on any atom is -0.464 e. The van der Waals surface area contributed by atoms with E-state index in [0.29, 0.717) is 25.8 Å². The second kappa shape index (κ2) is 11.1. The number of sulfonamides is 1. The number of aryl methyl sites for hydroxylation is 1. The van der Waals surface area contributed by atoms with Gasteiger partial charge in [-0.25, -0.2) is 13.4 Å². The normalized spacial score (nSPS) is 13.0. The van der Waals surface area contributed by atoms with Gasteiger partial charge in [0, 0.05) is 26.1 Å². The molecule has 0 radical (unpaired) electrons. The van der Waals surface area contributed by atoms with Crippen molar-refractivity contribution < 1.29 is 17.9 Å². The fourth-order valence-corrected chi connectivity index (χ4v) is 5.81. The molecular weight excluding hydrogens is 452 g/mol. The van der Waals surface area contributed by atoms with E-state index in [4.69, 9.17) is 4.74 Å². The SMILES string of the molecule is CCCN([C@H](COC(C)=O)CC(C)C)S(=O)(=O)c1ccc(Cc2nccc3[nH]c(C)nc23)cc1. The topological polar surface area (TPSA) is 105 Å². The van der Waals surface area contributed by atoms with E-state index in [1.54, 1.807) is 18.3 Å². The maximum absolute atomic E-state index is 13.6. The highest BCUT2D eigenvalue weighted by atomic mass is 32.2. The highest BCUT2D eigenvalue weighted by molar-refractivity contribution is 7.89. The standard InChI is InChI=1S/C25H34N4O4S/c1-6-13-29(21(14-17(2)3)16-33-19(5)30)34(31,32)22-9-7-20(8-10-22)15-24-25-23(11-12-26-24)27-18(4)28-25/h7-12,17,21H,6,13-16H2,1-5H3,(H,27,28)/t21-/m0/s1. The molecule has 0 unspecified atom stereocenters. The van der Waals surface area contributed by atoms with Gasteiger partial charge in [-0.1, -0.05) is 32.9 Å². The Hall–Kier alpha value is -2.78. The molecule has 2 heterocycles. The molecule has 184 valence electrons. The van der Waals surface area contributed by atoms with Gasteiger partial charge in [0.1, 0.15) is 17.9 Å². The number of rotatable bonds is 11. The van der Waals surface area contributed by atoms with Crippen molar-refractivity contribution in [2.45, 2.75) is 64.8 Å². The largest absolute Gasteiger partial charge is 0.464 e. The summed E-state index contributed by atoms with van der Waals surface area (Å²) >= 11 is 0. The number of ether oxygens (including phenoxy) is 1. The maximum atomic E-state index is 13.6. The first-order chi connectivity index (χ1) is 16.1. The predicted octanol–water partition coefficient (Wildman–Crippen LogP) is 4.24. The molecule has 1 N–H and O–H groups in total. The molecule has 1 aromatic carbocycles. The first-order valence-corrected chi connectivity index (χ1v) is 13.1. The monoisotopic (exact) mass is 486 g/mol. The van der Waals surface area contributed by atoms with Gasteiger partial charge in [0.25, 0.3) is 0 Å². The van der Waals surface area contributed by atoms with Crippen LogP contribution in [0.5, 0.6) is 0 Å². The van der Waals surface area contributed by atoms with Gasteiger partial charge in [-0.05, 0) is 49.4 Å². The number of fused-ring (bicyclic) bond motifs is 1. The van der Waals surface area contributed by atoms with E-state index in [9.17, 15) is 13.2 Å². The number of esters is 1. The van der Waals surface area contributed by atoms with Crippen LogP contribution < -0.4 is 0 Å². The van der Waals surface area contributed by atoms with Crippen molar-refractivity contribution in [3.63, 3.8) is 0 Å². The minimum absolute atomic E-state index is 0.0452. The Labute approximate surface area is 201 Å². The van der Waals surface area contributed by atoms with Gasteiger partial charge in [-0.15, -0.1) is 0 Å². The Balaban J connectivity index is 1.86. The summed E-state index contributed by atoms with van der Waals surface area (Å²) in [7, 11) is -3.77. The highest BCUT2D eigenvalue weighted by Gasteiger charge is 2.32. The molecule has 2 aromatic heterocycles. The Morgan fingerprint density at radius 2 is 1.88 bits per heavy atom. The van der Waals surface area contributed by atoms with Crippen molar-refractivity contribution >= 4 is 27.0 Å². The molecule has 0 bridgehead atoms. The zero-order valence-corrected chi connectivity index (χ0v) is 21.4. The van der Waals surface area contributed by atoms with Gasteiger partial charge in [-0.2, -0.15) is 4.31 Å². The number of aromatic nitrogens is 3. The molecule has 1 atom stereocenters. The summed E-state index contributed by atoms with van der Waals surface area (Å²) in [4.78, 5) is 23.8. The summed E-state index contributed by atoms with van der Waals surface area (Å²) < 4.78 is 33.9. The molecule has 0 aliphatic carbocycles. The second-order valence-electron chi connectivity index (χ2n) is 9.00. The third-order valence-corrected chi connectivity index (χ3v) is 7.54. The van der Waals surface area contributed by atoms with Crippen LogP contribution >= 0.6 is 0 Å². The zero-order chi connectivity index (χ0) is 24.9. The third-order valence-electron chi connectivity index (χ3n) is 5.57. The van der Waals surface area contributed by atoms with E-state index in [1.165, 1.54) is 11.2 Å². The second-order valence-corrected chi connectivity index (χ2v) is 10.9. The number of imidazole rings is 1. The molecule has 0 aliphatic heterocycles. The Morgan fingerprint density at radius 1 is 1.18 bits per heavy atom. The van der Waals surface area contributed by atoms with Crippen LogP contribution in [0.4, 0.5) is 0 Å². The number of aromatic amines is 1. The van der Waals surface area contributed by atoms with Crippen molar-refractivity contribution in [1.82, 2.24) is 19.3 Å². The van der Waals surface area contributed by atoms with E-state index in [-0.39, 0.29) is 17.4 Å². The molecule has 3 rings (SSSR count). The Kier molecular flexibility index (Phi) is 8.43. The number of benzene rings is 1. The van der Waals surface area contributed by atoms with E-state index < -0.39 is 22.0 Å². The fraction of sp³-hybridized carbons (Fsp3) is 0.480. The van der Waals surface area contributed by atoms with E-state index in [2.05, 4.69) is 15.0 Å². The summed E-state index contributed by atoms with van der Waals surface area (Å²) in [6.07, 6.45) is 3.55. The molecule has 0 aliphatic rings. The number of hydrogen-bond donors (Lipinski definition) is 1. The number of carbonyl (C=O) groups excluding carboxylic acids is 1. The van der Waals surface area contributed by atoms with Crippen molar-refractivity contribution in [1.29, 1.82) is 0 Å². The lowest BCUT2D eigenvalue weighted by Gasteiger charge is -2.31. The van der Waals surface area contributed by atoms with Crippen molar-refractivity contribution in [3.05, 3.63) is 53.6 Å². The van der Waals surface area contributed by atoms with Gasteiger partial charge in [0.15, 0.2) is 0 Å². The minimum atomic E-state index is -3.77. The number of nitrogens with zero attached hydrogens (tertiary/aromatic N) is 3. The van der Waals surface area contributed by atoms with Crippen molar-refractivity contribution in [3.8, 4) is 0 Å². The molecule has 0 saturated carbocycles. The number of pyridine rings is 1. The summed E-state index contributed by atoms with van der Waals surface area (Å²) in [6.45, 7) is 9.64. The summed E-state index contributed by atoms with van der Waals surface area (Å²) in [5, 5.41) is 0. The number of hydrogen-bond acceptors (Lipinski definition) is 6. The first-order valence-electron chi connectivity index (χ1n) is 11.7. The summed E-state index contributed by atoms with van der Waals surface area (Å²) in [5.41, 5.74) is 3.54.